The van der Waals surface area contributed by atoms with E-state index in [0.29, 0.717) is 37.5 Å². The van der Waals surface area contributed by atoms with E-state index < -0.39 is 54.5 Å². The first-order chi connectivity index (χ1) is 21.9. The van der Waals surface area contributed by atoms with E-state index in [4.69, 9.17) is 0 Å². The van der Waals surface area contributed by atoms with Gasteiger partial charge in [-0.3, -0.25) is 9.59 Å². The van der Waals surface area contributed by atoms with E-state index in [1.54, 1.807) is 12.2 Å². The lowest BCUT2D eigenvalue weighted by Crippen LogP contribution is -2.47. The largest absolute Gasteiger partial charge is 0.273 e. The van der Waals surface area contributed by atoms with E-state index in [-0.39, 0.29) is 40.3 Å². The zero-order chi connectivity index (χ0) is 33.9. The maximum Gasteiger partial charge on any atom is 0.243 e. The lowest BCUT2D eigenvalue weighted by molar-refractivity contribution is -0.133. The Kier molecular flexibility index (Phi) is 7.55. The van der Waals surface area contributed by atoms with Gasteiger partial charge < -0.3 is 0 Å². The van der Waals surface area contributed by atoms with Gasteiger partial charge in [0.15, 0.2) is 0 Å². The Labute approximate surface area is 281 Å². The molecular formula is C37H52N2O6S2. The van der Waals surface area contributed by atoms with E-state index >= 15 is 0 Å². The molecule has 8 nitrogen and oxygen atoms in total. The van der Waals surface area contributed by atoms with Crippen LogP contribution < -0.4 is 0 Å². The highest BCUT2D eigenvalue weighted by atomic mass is 32.2. The minimum absolute atomic E-state index is 0.00341. The van der Waals surface area contributed by atoms with Crippen molar-refractivity contribution in [2.24, 2.45) is 51.2 Å². The van der Waals surface area contributed by atoms with Crippen molar-refractivity contribution in [2.75, 3.05) is 11.5 Å². The molecule has 258 valence electrons. The topological polar surface area (TPSA) is 109 Å². The first kappa shape index (κ1) is 33.3. The van der Waals surface area contributed by atoms with E-state index in [2.05, 4.69) is 27.7 Å². The van der Waals surface area contributed by atoms with Crippen molar-refractivity contribution < 1.29 is 26.4 Å². The Bertz CT molecular complexity index is 1720. The summed E-state index contributed by atoms with van der Waals surface area (Å²) < 4.78 is 57.8. The molecule has 4 unspecified atom stereocenters. The summed E-state index contributed by atoms with van der Waals surface area (Å²) >= 11 is 0. The van der Waals surface area contributed by atoms with Gasteiger partial charge in [0, 0.05) is 10.8 Å². The molecule has 47 heavy (non-hydrogen) atoms. The summed E-state index contributed by atoms with van der Waals surface area (Å²) in [5.74, 6) is -1.50. The van der Waals surface area contributed by atoms with Crippen molar-refractivity contribution in [3.8, 4) is 0 Å². The van der Waals surface area contributed by atoms with Gasteiger partial charge >= 0.3 is 0 Å². The van der Waals surface area contributed by atoms with Crippen molar-refractivity contribution in [2.45, 2.75) is 105 Å². The Morgan fingerprint density at radius 3 is 1.66 bits per heavy atom. The van der Waals surface area contributed by atoms with Crippen LogP contribution in [0.3, 0.4) is 0 Å². The molecule has 0 aromatic heterocycles. The highest BCUT2D eigenvalue weighted by molar-refractivity contribution is 7.90. The number of amides is 2. The lowest BCUT2D eigenvalue weighted by Gasteiger charge is -2.37. The van der Waals surface area contributed by atoms with Gasteiger partial charge in [-0.2, -0.15) is 0 Å². The van der Waals surface area contributed by atoms with Gasteiger partial charge in [-0.1, -0.05) is 84.0 Å². The molecule has 2 amide bonds. The van der Waals surface area contributed by atoms with Crippen molar-refractivity contribution >= 4 is 31.9 Å². The third-order valence-corrected chi connectivity index (χ3v) is 18.3. The zero-order valence-corrected chi connectivity index (χ0v) is 30.4. The first-order valence-corrected chi connectivity index (χ1v) is 20.9. The molecule has 2 saturated heterocycles. The Morgan fingerprint density at radius 1 is 0.766 bits per heavy atom. The van der Waals surface area contributed by atoms with Crippen LogP contribution >= 0.6 is 0 Å². The van der Waals surface area contributed by atoms with Crippen LogP contribution in [0, 0.1) is 51.2 Å². The molecule has 4 saturated carbocycles. The normalized spacial score (nSPS) is 37.9. The number of carbonyl (C=O) groups excluding carboxylic acids is 2. The number of carbonyl (C=O) groups is 2. The van der Waals surface area contributed by atoms with Gasteiger partial charge in [0.25, 0.3) is 0 Å². The number of sulfonamides is 2. The Hall–Kier alpha value is -2.20. The number of hydrogen-bond donors (Lipinski definition) is 0. The van der Waals surface area contributed by atoms with Crippen LogP contribution in [0.2, 0.25) is 0 Å². The van der Waals surface area contributed by atoms with Gasteiger partial charge in [0.1, 0.15) is 0 Å². The summed E-state index contributed by atoms with van der Waals surface area (Å²) in [5.41, 5.74) is -0.263. The molecule has 2 heterocycles. The molecule has 2 aliphatic heterocycles. The second-order valence-corrected chi connectivity index (χ2v) is 21.1. The molecule has 6 aliphatic rings. The summed E-state index contributed by atoms with van der Waals surface area (Å²) in [6.45, 7) is 12.7. The fourth-order valence-electron chi connectivity index (χ4n) is 11.6. The molecule has 1 aromatic carbocycles. The van der Waals surface area contributed by atoms with Crippen LogP contribution in [0.4, 0.5) is 0 Å². The molecule has 6 fully saturated rings. The van der Waals surface area contributed by atoms with Gasteiger partial charge in [-0.15, -0.1) is 0 Å². The fraction of sp³-hybridized carbons (Fsp3) is 0.730. The molecule has 0 radical (unpaired) electrons. The van der Waals surface area contributed by atoms with Gasteiger partial charge in [0.2, 0.25) is 31.9 Å². The number of rotatable bonds is 8. The molecule has 2 spiro atoms. The fourth-order valence-corrected chi connectivity index (χ4v) is 16.8. The van der Waals surface area contributed by atoms with Gasteiger partial charge in [0.05, 0.1) is 35.4 Å². The minimum atomic E-state index is -3.83. The monoisotopic (exact) mass is 684 g/mol. The predicted molar refractivity (Wildman–Crippen MR) is 182 cm³/mol. The van der Waals surface area contributed by atoms with Crippen LogP contribution in [0.5, 0.6) is 0 Å². The molecule has 1 aromatic rings. The standard InChI is InChI=1S/C37H52N2O6S2/c1-24(2)18-26(32(40)38-30-20-28-14-16-36(30,34(28,3)4)22-46(38,42)43)12-13-27(19-25-10-8-7-9-11-25)33(41)39-31-21-29-15-17-37(31,35(29,5)6)23-47(39,44)45/h7-13,24,26-31H,14-23H2,1-6H3/b13-12+/t26-,27-,28?,29?,30+,31+,36?,37?/m1/s1. The van der Waals surface area contributed by atoms with Crippen molar-refractivity contribution in [1.82, 2.24) is 8.61 Å². The summed E-state index contributed by atoms with van der Waals surface area (Å²) in [6, 6.07) is 8.88. The van der Waals surface area contributed by atoms with Gasteiger partial charge in [-0.25, -0.2) is 25.4 Å². The quantitative estimate of drug-likeness (QED) is 0.321. The summed E-state index contributed by atoms with van der Waals surface area (Å²) in [6.07, 6.45) is 9.21. The predicted octanol–water partition coefficient (Wildman–Crippen LogP) is 5.80. The Balaban J connectivity index is 1.22. The first-order valence-electron chi connectivity index (χ1n) is 17.7. The SMILES string of the molecule is CC(C)C[C@@H](/C=C/[C@H](Cc1ccccc1)C(=O)N1[C@H]2CC3CCC2(CS1(=O)=O)C3(C)C)C(=O)N1[C@H]2CC3CCC2(CS1(=O)=O)C3(C)C. The second-order valence-electron chi connectivity index (χ2n) is 17.4. The summed E-state index contributed by atoms with van der Waals surface area (Å²) in [5, 5.41) is 0. The van der Waals surface area contributed by atoms with E-state index in [0.717, 1.165) is 31.2 Å². The molecule has 4 aliphatic carbocycles. The molecular weight excluding hydrogens is 633 g/mol. The van der Waals surface area contributed by atoms with Crippen molar-refractivity contribution in [3.63, 3.8) is 0 Å². The highest BCUT2D eigenvalue weighted by Gasteiger charge is 2.73. The smallest absolute Gasteiger partial charge is 0.243 e. The van der Waals surface area contributed by atoms with Crippen LogP contribution in [0.25, 0.3) is 0 Å². The van der Waals surface area contributed by atoms with Crippen LogP contribution in [-0.4, -0.2) is 60.8 Å². The number of nitrogens with zero attached hydrogens (tertiary/aromatic N) is 2. The molecule has 8 atom stereocenters. The molecule has 10 heteroatoms. The van der Waals surface area contributed by atoms with E-state index in [9.17, 15) is 26.4 Å². The zero-order valence-electron chi connectivity index (χ0n) is 28.8. The third-order valence-electron chi connectivity index (χ3n) is 14.5. The number of fused-ring (bicyclic) bond motifs is 2. The maximum absolute atomic E-state index is 14.6. The molecule has 0 N–H and O–H groups in total. The highest BCUT2D eigenvalue weighted by Crippen LogP contribution is 2.71. The number of hydrogen-bond acceptors (Lipinski definition) is 6. The average Bonchev–Trinajstić information content (AvgIpc) is 3.67. The van der Waals surface area contributed by atoms with Crippen molar-refractivity contribution in [3.05, 3.63) is 48.0 Å². The second kappa shape index (κ2) is 10.6. The third kappa shape index (κ3) is 4.61. The summed E-state index contributed by atoms with van der Waals surface area (Å²) in [4.78, 5) is 29.0. The van der Waals surface area contributed by atoms with Gasteiger partial charge in [-0.05, 0) is 85.5 Å². The van der Waals surface area contributed by atoms with Crippen LogP contribution in [0.15, 0.2) is 42.5 Å². The lowest BCUT2D eigenvalue weighted by atomic mass is 9.69. The number of benzene rings is 1. The van der Waals surface area contributed by atoms with Crippen LogP contribution in [-0.2, 0) is 36.1 Å². The van der Waals surface area contributed by atoms with Crippen LogP contribution in [0.1, 0.15) is 92.1 Å². The molecule has 7 rings (SSSR count). The minimum Gasteiger partial charge on any atom is -0.273 e. The molecule has 4 bridgehead atoms. The van der Waals surface area contributed by atoms with E-state index in [1.807, 2.05) is 44.2 Å². The van der Waals surface area contributed by atoms with Crippen molar-refractivity contribution in [1.29, 1.82) is 0 Å². The maximum atomic E-state index is 14.6. The summed E-state index contributed by atoms with van der Waals surface area (Å²) in [7, 11) is -7.64. The average molecular weight is 685 g/mol. The van der Waals surface area contributed by atoms with E-state index in [1.165, 1.54) is 8.61 Å². The Morgan fingerprint density at radius 2 is 1.21 bits per heavy atom.